The molecule has 0 spiro atoms. The van der Waals surface area contributed by atoms with Crippen molar-refractivity contribution in [3.8, 4) is 0 Å². The van der Waals surface area contributed by atoms with Gasteiger partial charge in [-0.1, -0.05) is 74.5 Å². The van der Waals surface area contributed by atoms with E-state index in [9.17, 15) is 19.5 Å². The van der Waals surface area contributed by atoms with E-state index in [4.69, 9.17) is 0 Å². The molecule has 3 atom stereocenters. The molecule has 3 unspecified atom stereocenters. The van der Waals surface area contributed by atoms with E-state index in [1.807, 2.05) is 36.4 Å². The summed E-state index contributed by atoms with van der Waals surface area (Å²) < 4.78 is 0. The zero-order chi connectivity index (χ0) is 22.1. The molecule has 2 aromatic rings. The number of carbonyl (C=O) groups excluding carboxylic acids is 3. The van der Waals surface area contributed by atoms with Gasteiger partial charge in [0.15, 0.2) is 6.04 Å². The first kappa shape index (κ1) is 23.1. The predicted octanol–water partition coefficient (Wildman–Crippen LogP) is -0.542. The van der Waals surface area contributed by atoms with Gasteiger partial charge in [-0.2, -0.15) is 0 Å². The van der Waals surface area contributed by atoms with Crippen LogP contribution in [0.25, 0.3) is 0 Å². The highest BCUT2D eigenvalue weighted by Gasteiger charge is 2.29. The van der Waals surface area contributed by atoms with Gasteiger partial charge in [0.25, 0.3) is 5.91 Å². The van der Waals surface area contributed by atoms with Crippen LogP contribution in [0.4, 0.5) is 0 Å². The Balaban J connectivity index is 2.01. The van der Waals surface area contributed by atoms with E-state index >= 15 is 0 Å². The molecule has 0 aromatic heterocycles. The van der Waals surface area contributed by atoms with Crippen LogP contribution in [0.1, 0.15) is 25.0 Å². The Morgan fingerprint density at radius 3 is 1.80 bits per heavy atom. The minimum absolute atomic E-state index is 0.0969. The molecule has 0 saturated heterocycles. The van der Waals surface area contributed by atoms with Gasteiger partial charge in [0.05, 0.1) is 12.0 Å². The quantitative estimate of drug-likeness (QED) is 0.485. The van der Waals surface area contributed by atoms with Crippen molar-refractivity contribution in [2.75, 3.05) is 0 Å². The number of carboxylic acids is 1. The molecule has 2 amide bonds. The lowest BCUT2D eigenvalue weighted by Crippen LogP contribution is -2.70. The average Bonchev–Trinajstić information content (AvgIpc) is 2.72. The van der Waals surface area contributed by atoms with E-state index in [-0.39, 0.29) is 18.2 Å². The van der Waals surface area contributed by atoms with Crippen molar-refractivity contribution in [3.05, 3.63) is 71.8 Å². The standard InChI is InChI=1S/C23H29N3O4/c1-15(2)20(26-21(27)18(24)13-16-9-5-3-6-10-16)22(28)25-19(23(29)30)14-17-11-7-4-8-12-17/h3-12,15,18-20H,13-14,24H2,1-2H3,(H,25,28)(H,26,27)(H,29,30). The van der Waals surface area contributed by atoms with Crippen LogP contribution in [-0.4, -0.2) is 35.9 Å². The largest absolute Gasteiger partial charge is 0.548 e. The van der Waals surface area contributed by atoms with Crippen molar-refractivity contribution in [1.82, 2.24) is 10.6 Å². The van der Waals surface area contributed by atoms with Crippen molar-refractivity contribution < 1.29 is 25.2 Å². The fourth-order valence-electron chi connectivity index (χ4n) is 3.10. The maximum absolute atomic E-state index is 12.8. The smallest absolute Gasteiger partial charge is 0.279 e. The Hall–Kier alpha value is -3.19. The monoisotopic (exact) mass is 411 g/mol. The summed E-state index contributed by atoms with van der Waals surface area (Å²) in [7, 11) is 0. The van der Waals surface area contributed by atoms with Gasteiger partial charge >= 0.3 is 0 Å². The summed E-state index contributed by atoms with van der Waals surface area (Å²) in [5.74, 6) is -2.53. The third-order valence-corrected chi connectivity index (χ3v) is 4.83. The first-order valence-electron chi connectivity index (χ1n) is 10.0. The molecular formula is C23H29N3O4. The van der Waals surface area contributed by atoms with Crippen LogP contribution in [0.15, 0.2) is 60.7 Å². The van der Waals surface area contributed by atoms with Crippen LogP contribution in [0.5, 0.6) is 0 Å². The highest BCUT2D eigenvalue weighted by atomic mass is 16.4. The number of aliphatic carboxylic acids is 1. The number of hydrogen-bond acceptors (Lipinski definition) is 4. The second-order valence-electron chi connectivity index (χ2n) is 7.69. The van der Waals surface area contributed by atoms with Crippen LogP contribution >= 0.6 is 0 Å². The van der Waals surface area contributed by atoms with Gasteiger partial charge < -0.3 is 26.3 Å². The Bertz CT molecular complexity index is 840. The fourth-order valence-corrected chi connectivity index (χ4v) is 3.10. The van der Waals surface area contributed by atoms with E-state index in [2.05, 4.69) is 16.4 Å². The predicted molar refractivity (Wildman–Crippen MR) is 111 cm³/mol. The lowest BCUT2D eigenvalue weighted by atomic mass is 10.00. The molecular weight excluding hydrogens is 382 g/mol. The van der Waals surface area contributed by atoms with Crippen molar-refractivity contribution >= 4 is 17.8 Å². The van der Waals surface area contributed by atoms with Gasteiger partial charge in [-0.15, -0.1) is 0 Å². The molecule has 0 aliphatic rings. The fraction of sp³-hybridized carbons (Fsp3) is 0.348. The summed E-state index contributed by atoms with van der Waals surface area (Å²) in [6.07, 6.45) is 0.536. The summed E-state index contributed by atoms with van der Waals surface area (Å²) in [5.41, 5.74) is 5.63. The molecule has 2 rings (SSSR count). The molecule has 2 aromatic carbocycles. The van der Waals surface area contributed by atoms with Gasteiger partial charge in [-0.25, -0.2) is 0 Å². The van der Waals surface area contributed by atoms with E-state index in [0.717, 1.165) is 11.1 Å². The second kappa shape index (κ2) is 11.1. The van der Waals surface area contributed by atoms with Crippen molar-refractivity contribution in [3.63, 3.8) is 0 Å². The van der Waals surface area contributed by atoms with Gasteiger partial charge in [0, 0.05) is 6.42 Å². The van der Waals surface area contributed by atoms with E-state index in [0.29, 0.717) is 6.42 Å². The van der Waals surface area contributed by atoms with Crippen LogP contribution in [0.2, 0.25) is 0 Å². The first-order valence-corrected chi connectivity index (χ1v) is 10.0. The highest BCUT2D eigenvalue weighted by molar-refractivity contribution is 5.91. The molecule has 0 aliphatic heterocycles. The minimum Gasteiger partial charge on any atom is -0.548 e. The zero-order valence-electron chi connectivity index (χ0n) is 17.3. The lowest BCUT2D eigenvalue weighted by molar-refractivity contribution is -0.403. The Labute approximate surface area is 176 Å². The number of benzene rings is 2. The topological polar surface area (TPSA) is 126 Å². The molecule has 0 bridgehead atoms. The highest BCUT2D eigenvalue weighted by Crippen LogP contribution is 2.07. The van der Waals surface area contributed by atoms with Crippen LogP contribution in [0.3, 0.4) is 0 Å². The number of nitrogens with one attached hydrogen (secondary N) is 2. The summed E-state index contributed by atoms with van der Waals surface area (Å²) in [6, 6.07) is 15.8. The van der Waals surface area contributed by atoms with Crippen molar-refractivity contribution in [2.24, 2.45) is 5.92 Å². The number of hydrogen-bond donors (Lipinski definition) is 3. The summed E-state index contributed by atoms with van der Waals surface area (Å²) in [4.78, 5) is 36.9. The number of quaternary nitrogens is 1. The van der Waals surface area contributed by atoms with Crippen LogP contribution < -0.4 is 21.5 Å². The normalized spacial score (nSPS) is 13.9. The number of rotatable bonds is 10. The lowest BCUT2D eigenvalue weighted by Gasteiger charge is -2.26. The van der Waals surface area contributed by atoms with Crippen molar-refractivity contribution in [1.29, 1.82) is 0 Å². The molecule has 30 heavy (non-hydrogen) atoms. The maximum atomic E-state index is 12.8. The van der Waals surface area contributed by atoms with E-state index < -0.39 is 30.0 Å². The number of amides is 2. The number of carboxylic acid groups (broad SMARTS) is 1. The first-order chi connectivity index (χ1) is 14.3. The second-order valence-corrected chi connectivity index (χ2v) is 7.69. The average molecular weight is 412 g/mol. The molecule has 5 N–H and O–H groups in total. The zero-order valence-corrected chi connectivity index (χ0v) is 17.3. The third kappa shape index (κ3) is 7.00. The summed E-state index contributed by atoms with van der Waals surface area (Å²) in [6.45, 7) is 3.57. The van der Waals surface area contributed by atoms with Gasteiger partial charge in [0.2, 0.25) is 5.91 Å². The molecule has 0 saturated carbocycles. The molecule has 0 heterocycles. The Kier molecular flexibility index (Phi) is 8.55. The van der Waals surface area contributed by atoms with Crippen LogP contribution in [0, 0.1) is 5.92 Å². The summed E-state index contributed by atoms with van der Waals surface area (Å²) >= 11 is 0. The van der Waals surface area contributed by atoms with Gasteiger partial charge in [-0.05, 0) is 23.5 Å². The molecule has 160 valence electrons. The SMILES string of the molecule is CC(C)C(NC(=O)C([NH3+])Cc1ccccc1)C(=O)NC(Cc1ccccc1)C(=O)[O-]. The maximum Gasteiger partial charge on any atom is 0.279 e. The molecule has 0 radical (unpaired) electrons. The van der Waals surface area contributed by atoms with Crippen molar-refractivity contribution in [2.45, 2.75) is 44.8 Å². The molecule has 0 aliphatic carbocycles. The Morgan fingerprint density at radius 2 is 1.33 bits per heavy atom. The summed E-state index contributed by atoms with van der Waals surface area (Å²) in [5, 5.41) is 16.8. The minimum atomic E-state index is -1.37. The third-order valence-electron chi connectivity index (χ3n) is 4.83. The molecule has 7 heteroatoms. The Morgan fingerprint density at radius 1 is 0.833 bits per heavy atom. The van der Waals surface area contributed by atoms with Crippen LogP contribution in [-0.2, 0) is 27.2 Å². The number of carbonyl (C=O) groups is 3. The molecule has 7 nitrogen and oxygen atoms in total. The van der Waals surface area contributed by atoms with Gasteiger partial charge in [0.1, 0.15) is 6.04 Å². The molecule has 0 fully saturated rings. The van der Waals surface area contributed by atoms with Gasteiger partial charge in [-0.3, -0.25) is 9.59 Å². The van der Waals surface area contributed by atoms with E-state index in [1.54, 1.807) is 38.1 Å². The van der Waals surface area contributed by atoms with E-state index in [1.165, 1.54) is 0 Å².